The van der Waals surface area contributed by atoms with Gasteiger partial charge in [0.15, 0.2) is 5.03 Å². The summed E-state index contributed by atoms with van der Waals surface area (Å²) in [6.45, 7) is 4.88. The van der Waals surface area contributed by atoms with Crippen molar-refractivity contribution < 1.29 is 8.42 Å². The van der Waals surface area contributed by atoms with E-state index < -0.39 is 10.0 Å². The predicted molar refractivity (Wildman–Crippen MR) is 73.2 cm³/mol. The Labute approximate surface area is 114 Å². The lowest BCUT2D eigenvalue weighted by molar-refractivity contribution is 0.257. The van der Waals surface area contributed by atoms with Crippen LogP contribution in [0.15, 0.2) is 17.6 Å². The smallest absolute Gasteiger partial charge is 0.262 e. The maximum atomic E-state index is 12.6. The summed E-state index contributed by atoms with van der Waals surface area (Å²) in [5.41, 5.74) is 5.69. The molecule has 2 rings (SSSR count). The Morgan fingerprint density at radius 1 is 1.47 bits per heavy atom. The first-order valence-electron chi connectivity index (χ1n) is 6.72. The molecule has 108 valence electrons. The van der Waals surface area contributed by atoms with Crippen LogP contribution < -0.4 is 5.73 Å². The molecule has 0 spiro atoms. The monoisotopic (exact) mass is 286 g/mol. The topological polar surface area (TPSA) is 81.2 Å². The quantitative estimate of drug-likeness (QED) is 0.894. The third kappa shape index (κ3) is 2.82. The Kier molecular flexibility index (Phi) is 4.27. The largest absolute Gasteiger partial charge is 0.334 e. The molecule has 0 aliphatic carbocycles. The fourth-order valence-electron chi connectivity index (χ4n) is 2.38. The molecule has 2 heterocycles. The summed E-state index contributed by atoms with van der Waals surface area (Å²) in [6.07, 6.45) is 5.93. The average Bonchev–Trinajstić information content (AvgIpc) is 2.89. The molecule has 1 fully saturated rings. The zero-order valence-electron chi connectivity index (χ0n) is 11.5. The van der Waals surface area contributed by atoms with Crippen molar-refractivity contribution in [1.29, 1.82) is 0 Å². The minimum Gasteiger partial charge on any atom is -0.334 e. The maximum Gasteiger partial charge on any atom is 0.262 e. The average molecular weight is 286 g/mol. The Morgan fingerprint density at radius 3 is 2.79 bits per heavy atom. The number of sulfonamides is 1. The summed E-state index contributed by atoms with van der Waals surface area (Å²) in [5.74, 6) is 0. The van der Waals surface area contributed by atoms with E-state index in [2.05, 4.69) is 4.98 Å². The van der Waals surface area contributed by atoms with Crippen molar-refractivity contribution in [3.63, 3.8) is 0 Å². The van der Waals surface area contributed by atoms with E-state index in [0.29, 0.717) is 13.1 Å². The molecule has 7 heteroatoms. The molecule has 0 aromatic carbocycles. The Hall–Kier alpha value is -0.920. The number of hydrogen-bond donors (Lipinski definition) is 1. The van der Waals surface area contributed by atoms with Crippen molar-refractivity contribution in [3.05, 3.63) is 12.5 Å². The van der Waals surface area contributed by atoms with Crippen LogP contribution in [-0.2, 0) is 10.0 Å². The normalized spacial score (nSPS) is 22.0. The first-order valence-corrected chi connectivity index (χ1v) is 8.16. The van der Waals surface area contributed by atoms with Crippen LogP contribution in [0.5, 0.6) is 0 Å². The fourth-order valence-corrected chi connectivity index (χ4v) is 4.01. The zero-order chi connectivity index (χ0) is 14.0. The summed E-state index contributed by atoms with van der Waals surface area (Å²) in [4.78, 5) is 4.05. The van der Waals surface area contributed by atoms with Crippen molar-refractivity contribution in [1.82, 2.24) is 13.9 Å². The van der Waals surface area contributed by atoms with E-state index in [1.165, 1.54) is 4.31 Å². The first kappa shape index (κ1) is 14.5. The molecule has 19 heavy (non-hydrogen) atoms. The molecular formula is C12H22N4O2S. The molecule has 6 nitrogen and oxygen atoms in total. The van der Waals surface area contributed by atoms with Gasteiger partial charge >= 0.3 is 0 Å². The molecule has 1 aliphatic heterocycles. The number of nitrogens with two attached hydrogens (primary N) is 1. The Balaban J connectivity index is 2.29. The minimum absolute atomic E-state index is 0.0945. The van der Waals surface area contributed by atoms with Gasteiger partial charge in [0.1, 0.15) is 0 Å². The number of imidazole rings is 1. The lowest BCUT2D eigenvalue weighted by Crippen LogP contribution is -2.47. The second kappa shape index (κ2) is 5.60. The molecular weight excluding hydrogens is 264 g/mol. The molecule has 1 atom stereocenters. The molecule has 0 radical (unpaired) electrons. The highest BCUT2D eigenvalue weighted by molar-refractivity contribution is 7.89. The van der Waals surface area contributed by atoms with E-state index in [9.17, 15) is 8.42 Å². The second-order valence-corrected chi connectivity index (χ2v) is 7.09. The highest BCUT2D eigenvalue weighted by atomic mass is 32.2. The van der Waals surface area contributed by atoms with Crippen LogP contribution in [0.25, 0.3) is 0 Å². The molecule has 0 saturated carbocycles. The van der Waals surface area contributed by atoms with E-state index in [1.807, 2.05) is 13.8 Å². The second-order valence-electron chi connectivity index (χ2n) is 5.25. The van der Waals surface area contributed by atoms with Gasteiger partial charge in [-0.15, -0.1) is 0 Å². The highest BCUT2D eigenvalue weighted by Crippen LogP contribution is 2.24. The van der Waals surface area contributed by atoms with Gasteiger partial charge in [0.05, 0.1) is 6.33 Å². The van der Waals surface area contributed by atoms with E-state index in [-0.39, 0.29) is 17.1 Å². The van der Waals surface area contributed by atoms with Gasteiger partial charge in [-0.2, -0.15) is 4.31 Å². The molecule has 1 aromatic heterocycles. The Morgan fingerprint density at radius 2 is 2.21 bits per heavy atom. The number of rotatable bonds is 4. The van der Waals surface area contributed by atoms with Gasteiger partial charge in [-0.1, -0.05) is 6.42 Å². The van der Waals surface area contributed by atoms with E-state index in [4.69, 9.17) is 5.73 Å². The van der Waals surface area contributed by atoms with Gasteiger partial charge in [-0.05, 0) is 26.7 Å². The highest BCUT2D eigenvalue weighted by Gasteiger charge is 2.34. The lowest BCUT2D eigenvalue weighted by atomic mass is 10.1. The van der Waals surface area contributed by atoms with Crippen molar-refractivity contribution in [3.8, 4) is 0 Å². The third-order valence-corrected chi connectivity index (χ3v) is 5.43. The van der Waals surface area contributed by atoms with E-state index in [0.717, 1.165) is 19.3 Å². The number of hydrogen-bond acceptors (Lipinski definition) is 4. The first-order chi connectivity index (χ1) is 8.96. The fraction of sp³-hybridized carbons (Fsp3) is 0.750. The third-order valence-electron chi connectivity index (χ3n) is 3.59. The van der Waals surface area contributed by atoms with Gasteiger partial charge in [0.2, 0.25) is 0 Å². The summed E-state index contributed by atoms with van der Waals surface area (Å²) < 4.78 is 28.5. The summed E-state index contributed by atoms with van der Waals surface area (Å²) in [5, 5.41) is 0.126. The number of piperidine rings is 1. The lowest BCUT2D eigenvalue weighted by Gasteiger charge is -2.33. The minimum atomic E-state index is -3.51. The van der Waals surface area contributed by atoms with E-state index >= 15 is 0 Å². The van der Waals surface area contributed by atoms with Gasteiger partial charge in [0, 0.05) is 31.4 Å². The number of nitrogens with zero attached hydrogens (tertiary/aromatic N) is 3. The number of aromatic nitrogens is 2. The van der Waals surface area contributed by atoms with Crippen molar-refractivity contribution >= 4 is 10.0 Å². The van der Waals surface area contributed by atoms with Crippen LogP contribution in [0.2, 0.25) is 0 Å². The van der Waals surface area contributed by atoms with Crippen molar-refractivity contribution in [2.24, 2.45) is 5.73 Å². The maximum absolute atomic E-state index is 12.6. The van der Waals surface area contributed by atoms with Crippen LogP contribution in [0, 0.1) is 0 Å². The Bertz CT molecular complexity index is 524. The van der Waals surface area contributed by atoms with Gasteiger partial charge in [-0.3, -0.25) is 0 Å². The molecule has 0 amide bonds. The van der Waals surface area contributed by atoms with E-state index in [1.54, 1.807) is 17.1 Å². The summed E-state index contributed by atoms with van der Waals surface area (Å²) in [6, 6.07) is 0.103. The van der Waals surface area contributed by atoms with Gasteiger partial charge in [0.25, 0.3) is 10.0 Å². The molecule has 0 unspecified atom stereocenters. The SMILES string of the molecule is CC(C)n1cnc(S(=O)(=O)N2CCCC[C@H]2CN)c1. The van der Waals surface area contributed by atoms with Crippen LogP contribution in [0.4, 0.5) is 0 Å². The summed E-state index contributed by atoms with van der Waals surface area (Å²) >= 11 is 0. The van der Waals surface area contributed by atoms with Crippen molar-refractivity contribution in [2.75, 3.05) is 13.1 Å². The standard InChI is InChI=1S/C12H22N4O2S/c1-10(2)15-8-12(14-9-15)19(17,18)16-6-4-3-5-11(16)7-13/h8-11H,3-7,13H2,1-2H3/t11-/m0/s1. The summed E-state index contributed by atoms with van der Waals surface area (Å²) in [7, 11) is -3.51. The molecule has 1 saturated heterocycles. The van der Waals surface area contributed by atoms with Gasteiger partial charge < -0.3 is 10.3 Å². The predicted octanol–water partition coefficient (Wildman–Crippen LogP) is 0.966. The molecule has 0 bridgehead atoms. The van der Waals surface area contributed by atoms with Crippen LogP contribution in [-0.4, -0.2) is 41.4 Å². The molecule has 1 aliphatic rings. The van der Waals surface area contributed by atoms with Gasteiger partial charge in [-0.25, -0.2) is 13.4 Å². The van der Waals surface area contributed by atoms with Crippen molar-refractivity contribution in [2.45, 2.75) is 50.2 Å². The van der Waals surface area contributed by atoms with Crippen LogP contribution >= 0.6 is 0 Å². The molecule has 2 N–H and O–H groups in total. The van der Waals surface area contributed by atoms with Crippen LogP contribution in [0.3, 0.4) is 0 Å². The zero-order valence-corrected chi connectivity index (χ0v) is 12.3. The molecule has 1 aromatic rings. The van der Waals surface area contributed by atoms with Crippen LogP contribution in [0.1, 0.15) is 39.2 Å².